The number of benzene rings is 2. The van der Waals surface area contributed by atoms with Crippen LogP contribution in [0.3, 0.4) is 0 Å². The lowest BCUT2D eigenvalue weighted by atomic mass is 10.2. The van der Waals surface area contributed by atoms with E-state index >= 15 is 0 Å². The molecule has 0 saturated carbocycles. The standard InChI is InChI=1S/C21H25ClFN3O3S/c1-16-5-2-6-17(15-16)25-10-12-26(13-11-25)30(28,29)14-4-9-24-21(27)20-18(22)7-3-8-19(20)23/h2-3,5-8,15H,4,9-14H2,1H3,(H,24,27). The lowest BCUT2D eigenvalue weighted by Gasteiger charge is -2.35. The highest BCUT2D eigenvalue weighted by Gasteiger charge is 2.26. The Kier molecular flexibility index (Phi) is 7.33. The first-order chi connectivity index (χ1) is 14.3. The highest BCUT2D eigenvalue weighted by molar-refractivity contribution is 7.89. The molecule has 6 nitrogen and oxygen atoms in total. The van der Waals surface area contributed by atoms with Gasteiger partial charge >= 0.3 is 0 Å². The van der Waals surface area contributed by atoms with Crippen LogP contribution in [0.2, 0.25) is 5.02 Å². The summed E-state index contributed by atoms with van der Waals surface area (Å²) in [6, 6.07) is 12.2. The second kappa shape index (κ2) is 9.76. The topological polar surface area (TPSA) is 69.7 Å². The molecule has 1 heterocycles. The number of sulfonamides is 1. The molecular formula is C21H25ClFN3O3S. The maximum Gasteiger partial charge on any atom is 0.255 e. The highest BCUT2D eigenvalue weighted by Crippen LogP contribution is 2.20. The van der Waals surface area contributed by atoms with E-state index in [2.05, 4.69) is 16.3 Å². The smallest absolute Gasteiger partial charge is 0.255 e. The summed E-state index contributed by atoms with van der Waals surface area (Å²) >= 11 is 5.87. The molecular weight excluding hydrogens is 429 g/mol. The van der Waals surface area contributed by atoms with Crippen molar-refractivity contribution in [3.05, 3.63) is 64.4 Å². The monoisotopic (exact) mass is 453 g/mol. The Hall–Kier alpha value is -2.16. The molecule has 1 aliphatic heterocycles. The fourth-order valence-corrected chi connectivity index (χ4v) is 5.17. The Bertz CT molecular complexity index is 988. The molecule has 2 aromatic carbocycles. The van der Waals surface area contributed by atoms with E-state index in [1.165, 1.54) is 22.0 Å². The second-order valence-electron chi connectivity index (χ2n) is 7.25. The Morgan fingerprint density at radius 3 is 2.50 bits per heavy atom. The molecule has 0 atom stereocenters. The van der Waals surface area contributed by atoms with Gasteiger partial charge in [-0.05, 0) is 43.2 Å². The molecule has 0 aromatic heterocycles. The van der Waals surface area contributed by atoms with Gasteiger partial charge in [0.25, 0.3) is 5.91 Å². The minimum Gasteiger partial charge on any atom is -0.369 e. The number of amides is 1. The lowest BCUT2D eigenvalue weighted by molar-refractivity contribution is 0.0949. The number of piperazine rings is 1. The van der Waals surface area contributed by atoms with Gasteiger partial charge in [-0.2, -0.15) is 4.31 Å². The average molecular weight is 454 g/mol. The van der Waals surface area contributed by atoms with Crippen LogP contribution in [-0.4, -0.2) is 57.1 Å². The first-order valence-electron chi connectivity index (χ1n) is 9.79. The molecule has 3 rings (SSSR count). The van der Waals surface area contributed by atoms with Crippen molar-refractivity contribution in [1.82, 2.24) is 9.62 Å². The number of carbonyl (C=O) groups excluding carboxylic acids is 1. The molecule has 1 N–H and O–H groups in total. The van der Waals surface area contributed by atoms with Crippen LogP contribution in [-0.2, 0) is 10.0 Å². The molecule has 1 fully saturated rings. The van der Waals surface area contributed by atoms with Crippen LogP contribution in [0.15, 0.2) is 42.5 Å². The minimum absolute atomic E-state index is 0.0200. The zero-order valence-corrected chi connectivity index (χ0v) is 18.3. The highest BCUT2D eigenvalue weighted by atomic mass is 35.5. The first kappa shape index (κ1) is 22.5. The molecule has 0 spiro atoms. The molecule has 0 unspecified atom stereocenters. The average Bonchev–Trinajstić information content (AvgIpc) is 2.71. The second-order valence-corrected chi connectivity index (χ2v) is 9.74. The van der Waals surface area contributed by atoms with E-state index in [0.29, 0.717) is 26.2 Å². The third-order valence-electron chi connectivity index (χ3n) is 5.05. The molecule has 1 aliphatic rings. The van der Waals surface area contributed by atoms with Gasteiger partial charge in [-0.3, -0.25) is 4.79 Å². The predicted molar refractivity (Wildman–Crippen MR) is 117 cm³/mol. The Morgan fingerprint density at radius 1 is 1.13 bits per heavy atom. The summed E-state index contributed by atoms with van der Waals surface area (Å²) in [5.41, 5.74) is 2.04. The number of aryl methyl sites for hydroxylation is 1. The summed E-state index contributed by atoms with van der Waals surface area (Å²) < 4.78 is 40.5. The number of carbonyl (C=O) groups is 1. The molecule has 162 valence electrons. The summed E-state index contributed by atoms with van der Waals surface area (Å²) in [5, 5.41) is 2.56. The summed E-state index contributed by atoms with van der Waals surface area (Å²) in [6.07, 6.45) is 0.234. The van der Waals surface area contributed by atoms with Crippen LogP contribution in [0, 0.1) is 12.7 Å². The largest absolute Gasteiger partial charge is 0.369 e. The maximum absolute atomic E-state index is 13.8. The van der Waals surface area contributed by atoms with Crippen LogP contribution in [0.4, 0.5) is 10.1 Å². The van der Waals surface area contributed by atoms with E-state index in [9.17, 15) is 17.6 Å². The molecule has 0 radical (unpaired) electrons. The lowest BCUT2D eigenvalue weighted by Crippen LogP contribution is -2.49. The van der Waals surface area contributed by atoms with Gasteiger partial charge in [-0.15, -0.1) is 0 Å². The van der Waals surface area contributed by atoms with E-state index in [1.54, 1.807) is 0 Å². The van der Waals surface area contributed by atoms with Gasteiger partial charge in [0.2, 0.25) is 10.0 Å². The quantitative estimate of drug-likeness (QED) is 0.654. The number of hydrogen-bond acceptors (Lipinski definition) is 4. The van der Waals surface area contributed by atoms with Gasteiger partial charge in [0.1, 0.15) is 5.82 Å². The van der Waals surface area contributed by atoms with E-state index in [1.807, 2.05) is 25.1 Å². The predicted octanol–water partition coefficient (Wildman–Crippen LogP) is 3.06. The third kappa shape index (κ3) is 5.50. The van der Waals surface area contributed by atoms with Crippen molar-refractivity contribution in [3.8, 4) is 0 Å². The van der Waals surface area contributed by atoms with Crippen LogP contribution < -0.4 is 10.2 Å². The zero-order valence-electron chi connectivity index (χ0n) is 16.8. The number of nitrogens with one attached hydrogen (secondary N) is 1. The number of rotatable bonds is 7. The molecule has 1 saturated heterocycles. The first-order valence-corrected chi connectivity index (χ1v) is 11.8. The molecule has 1 amide bonds. The van der Waals surface area contributed by atoms with Crippen LogP contribution in [0.1, 0.15) is 22.3 Å². The molecule has 2 aromatic rings. The van der Waals surface area contributed by atoms with Gasteiger partial charge in [-0.25, -0.2) is 12.8 Å². The Morgan fingerprint density at radius 2 is 1.83 bits per heavy atom. The summed E-state index contributed by atoms with van der Waals surface area (Å²) in [5.74, 6) is -1.44. The molecule has 30 heavy (non-hydrogen) atoms. The maximum atomic E-state index is 13.8. The van der Waals surface area contributed by atoms with Crippen molar-refractivity contribution >= 4 is 33.2 Å². The van der Waals surface area contributed by atoms with Gasteiger partial charge < -0.3 is 10.2 Å². The fraction of sp³-hybridized carbons (Fsp3) is 0.381. The molecule has 0 aliphatic carbocycles. The van der Waals surface area contributed by atoms with Crippen molar-refractivity contribution in [2.75, 3.05) is 43.4 Å². The van der Waals surface area contributed by atoms with Gasteiger partial charge in [0.15, 0.2) is 0 Å². The van der Waals surface area contributed by atoms with E-state index in [-0.39, 0.29) is 29.3 Å². The van der Waals surface area contributed by atoms with E-state index in [0.717, 1.165) is 11.8 Å². The normalized spacial score (nSPS) is 15.2. The van der Waals surface area contributed by atoms with Crippen molar-refractivity contribution in [2.45, 2.75) is 13.3 Å². The summed E-state index contributed by atoms with van der Waals surface area (Å²) in [6.45, 7) is 4.26. The number of halogens is 2. The zero-order chi connectivity index (χ0) is 21.7. The van der Waals surface area contributed by atoms with Crippen LogP contribution in [0.25, 0.3) is 0 Å². The van der Waals surface area contributed by atoms with Crippen LogP contribution >= 0.6 is 11.6 Å². The Labute approximate surface area is 181 Å². The van der Waals surface area contributed by atoms with Crippen molar-refractivity contribution in [2.24, 2.45) is 0 Å². The van der Waals surface area contributed by atoms with Crippen molar-refractivity contribution < 1.29 is 17.6 Å². The molecule has 9 heteroatoms. The SMILES string of the molecule is Cc1cccc(N2CCN(S(=O)(=O)CCCNC(=O)c3c(F)cccc3Cl)CC2)c1. The number of hydrogen-bond donors (Lipinski definition) is 1. The number of nitrogens with zero attached hydrogens (tertiary/aromatic N) is 2. The van der Waals surface area contributed by atoms with Gasteiger partial charge in [-0.1, -0.05) is 29.8 Å². The van der Waals surface area contributed by atoms with E-state index in [4.69, 9.17) is 11.6 Å². The third-order valence-corrected chi connectivity index (χ3v) is 7.32. The van der Waals surface area contributed by atoms with Gasteiger partial charge in [0.05, 0.1) is 16.3 Å². The van der Waals surface area contributed by atoms with Crippen molar-refractivity contribution in [3.63, 3.8) is 0 Å². The Balaban J connectivity index is 1.46. The molecule has 0 bridgehead atoms. The van der Waals surface area contributed by atoms with Crippen LogP contribution in [0.5, 0.6) is 0 Å². The summed E-state index contributed by atoms with van der Waals surface area (Å²) in [4.78, 5) is 14.3. The van der Waals surface area contributed by atoms with E-state index < -0.39 is 21.7 Å². The fourth-order valence-electron chi connectivity index (χ4n) is 3.44. The number of anilines is 1. The summed E-state index contributed by atoms with van der Waals surface area (Å²) in [7, 11) is -3.42. The van der Waals surface area contributed by atoms with Gasteiger partial charge in [0, 0.05) is 38.4 Å². The minimum atomic E-state index is -3.42. The van der Waals surface area contributed by atoms with Crippen molar-refractivity contribution in [1.29, 1.82) is 0 Å².